The average Bonchev–Trinajstić information content (AvgIpc) is 3.07. The minimum atomic E-state index is -3.85. The maximum atomic E-state index is 14.5. The molecule has 0 bridgehead atoms. The quantitative estimate of drug-likeness (QED) is 0.635. The molecule has 10 heteroatoms. The number of hydrogen-bond acceptors (Lipinski definition) is 4. The van der Waals surface area contributed by atoms with E-state index in [0.717, 1.165) is 0 Å². The lowest BCUT2D eigenvalue weighted by Gasteiger charge is -2.10. The van der Waals surface area contributed by atoms with E-state index in [2.05, 4.69) is 14.3 Å². The van der Waals surface area contributed by atoms with Crippen LogP contribution in [0.5, 0.6) is 5.75 Å². The number of nitrogens with two attached hydrogens (primary N) is 1. The highest BCUT2D eigenvalue weighted by Gasteiger charge is 2.26. The van der Waals surface area contributed by atoms with Crippen LogP contribution < -0.4 is 9.88 Å². The molecule has 2 N–H and O–H groups in total. The third kappa shape index (κ3) is 4.06. The van der Waals surface area contributed by atoms with Crippen LogP contribution in [0, 0.1) is 5.82 Å². The summed E-state index contributed by atoms with van der Waals surface area (Å²) in [5.41, 5.74) is 1.44. The van der Waals surface area contributed by atoms with Crippen molar-refractivity contribution in [1.82, 2.24) is 9.78 Å². The van der Waals surface area contributed by atoms with E-state index < -0.39 is 21.3 Å². The Morgan fingerprint density at radius 3 is 2.32 bits per heavy atom. The molecule has 0 amide bonds. The van der Waals surface area contributed by atoms with Crippen molar-refractivity contribution in [2.24, 2.45) is 5.14 Å². The highest BCUT2D eigenvalue weighted by Crippen LogP contribution is 2.36. The number of nitrogens with zero attached hydrogens (tertiary/aromatic N) is 2. The van der Waals surface area contributed by atoms with Gasteiger partial charge < -0.3 is 4.74 Å². The van der Waals surface area contributed by atoms with Gasteiger partial charge in [-0.1, -0.05) is 9.24 Å². The Labute approximate surface area is 163 Å². The van der Waals surface area contributed by atoms with E-state index in [1.807, 2.05) is 0 Å². The molecule has 6 nitrogen and oxygen atoms in total. The first-order valence-electron chi connectivity index (χ1n) is 8.06. The van der Waals surface area contributed by atoms with Gasteiger partial charge in [0, 0.05) is 5.56 Å². The smallest absolute Gasteiger partial charge is 0.238 e. The van der Waals surface area contributed by atoms with Crippen LogP contribution in [0.25, 0.3) is 16.9 Å². The predicted octanol–water partition coefficient (Wildman–Crippen LogP) is 3.35. The molecule has 1 aromatic heterocycles. The molecule has 0 spiro atoms. The number of alkyl halides is 1. The number of aromatic nitrogens is 2. The first-order valence-corrected chi connectivity index (χ1v) is 10.2. The van der Waals surface area contributed by atoms with Crippen molar-refractivity contribution in [3.63, 3.8) is 0 Å². The molecule has 0 aliphatic carbocycles. The standard InChI is InChI=1S/C18H18F2N3O3PS/c1-18(20,27)17-10-15(11-3-8-16(26-2)14(19)9-11)23(22-17)12-4-6-13(7-5-12)28(21,24)25/h3-10H,27H2,1-2H3,(H2,21,24,25). The zero-order valence-corrected chi connectivity index (χ0v) is 17.0. The van der Waals surface area contributed by atoms with E-state index in [-0.39, 0.29) is 16.3 Å². The summed E-state index contributed by atoms with van der Waals surface area (Å²) >= 11 is 0. The minimum Gasteiger partial charge on any atom is -0.494 e. The van der Waals surface area contributed by atoms with Crippen LogP contribution in [0.15, 0.2) is 53.4 Å². The molecule has 0 saturated carbocycles. The van der Waals surface area contributed by atoms with Crippen molar-refractivity contribution in [3.8, 4) is 22.7 Å². The van der Waals surface area contributed by atoms with Crippen LogP contribution in [0.1, 0.15) is 12.6 Å². The van der Waals surface area contributed by atoms with Crippen molar-refractivity contribution in [2.75, 3.05) is 7.11 Å². The van der Waals surface area contributed by atoms with Crippen LogP contribution in [-0.4, -0.2) is 25.3 Å². The molecule has 0 saturated heterocycles. The van der Waals surface area contributed by atoms with Gasteiger partial charge in [-0.25, -0.2) is 27.0 Å². The van der Waals surface area contributed by atoms with E-state index in [0.29, 0.717) is 16.9 Å². The van der Waals surface area contributed by atoms with Gasteiger partial charge in [-0.2, -0.15) is 5.10 Å². The Morgan fingerprint density at radius 1 is 1.18 bits per heavy atom. The van der Waals surface area contributed by atoms with E-state index in [1.165, 1.54) is 61.2 Å². The number of methoxy groups -OCH3 is 1. The molecule has 0 aliphatic rings. The number of hydrogen-bond donors (Lipinski definition) is 1. The molecular formula is C18H18F2N3O3PS. The van der Waals surface area contributed by atoms with Crippen molar-refractivity contribution in [1.29, 1.82) is 0 Å². The van der Waals surface area contributed by atoms with Gasteiger partial charge in [0.25, 0.3) is 0 Å². The molecule has 3 rings (SSSR count). The number of rotatable bonds is 5. The normalized spacial score (nSPS) is 13.9. The minimum absolute atomic E-state index is 0.0675. The van der Waals surface area contributed by atoms with E-state index >= 15 is 0 Å². The molecule has 148 valence electrons. The van der Waals surface area contributed by atoms with Gasteiger partial charge in [-0.15, -0.1) is 0 Å². The average molecular weight is 425 g/mol. The first kappa shape index (κ1) is 20.4. The fourth-order valence-corrected chi connectivity index (χ4v) is 3.28. The van der Waals surface area contributed by atoms with Gasteiger partial charge >= 0.3 is 0 Å². The van der Waals surface area contributed by atoms with Gasteiger partial charge in [-0.3, -0.25) is 0 Å². The van der Waals surface area contributed by atoms with Crippen molar-refractivity contribution < 1.29 is 21.9 Å². The fraction of sp³-hybridized carbons (Fsp3) is 0.167. The van der Waals surface area contributed by atoms with Crippen LogP contribution in [0.2, 0.25) is 0 Å². The van der Waals surface area contributed by atoms with Gasteiger partial charge in [-0.05, 0) is 55.5 Å². The highest BCUT2D eigenvalue weighted by atomic mass is 32.2. The SMILES string of the molecule is COc1ccc(-c2cc(C(C)(F)P)nn2-c2ccc(S(N)(=O)=O)cc2)cc1F. The second kappa shape index (κ2) is 7.24. The monoisotopic (exact) mass is 425 g/mol. The second-order valence-corrected chi connectivity index (χ2v) is 8.94. The fourth-order valence-electron chi connectivity index (χ4n) is 2.63. The zero-order chi connectivity index (χ0) is 20.7. The Bertz CT molecular complexity index is 1120. The Kier molecular flexibility index (Phi) is 5.27. The summed E-state index contributed by atoms with van der Waals surface area (Å²) in [6, 6.07) is 11.4. The summed E-state index contributed by atoms with van der Waals surface area (Å²) in [5.74, 6) is -0.498. The van der Waals surface area contributed by atoms with Gasteiger partial charge in [0.2, 0.25) is 10.0 Å². The topological polar surface area (TPSA) is 87.2 Å². The maximum absolute atomic E-state index is 14.5. The van der Waals surface area contributed by atoms with Gasteiger partial charge in [0.15, 0.2) is 17.0 Å². The van der Waals surface area contributed by atoms with Crippen LogP contribution in [0.3, 0.4) is 0 Å². The molecule has 1 heterocycles. The molecule has 2 unspecified atom stereocenters. The Morgan fingerprint density at radius 2 is 1.82 bits per heavy atom. The van der Waals surface area contributed by atoms with Gasteiger partial charge in [0.1, 0.15) is 5.69 Å². The van der Waals surface area contributed by atoms with Crippen LogP contribution >= 0.6 is 9.24 Å². The predicted molar refractivity (Wildman–Crippen MR) is 105 cm³/mol. The summed E-state index contributed by atoms with van der Waals surface area (Å²) in [6.07, 6.45) is 0. The summed E-state index contributed by atoms with van der Waals surface area (Å²) < 4.78 is 57.9. The number of ether oxygens (including phenoxy) is 1. The molecule has 2 atom stereocenters. The molecule has 2 aromatic carbocycles. The third-order valence-corrected chi connectivity index (χ3v) is 5.29. The summed E-state index contributed by atoms with van der Waals surface area (Å²) in [5, 5.41) is 7.58. The lowest BCUT2D eigenvalue weighted by molar-refractivity contribution is 0.314. The molecular weight excluding hydrogens is 407 g/mol. The Balaban J connectivity index is 2.18. The third-order valence-electron chi connectivity index (χ3n) is 4.07. The zero-order valence-electron chi connectivity index (χ0n) is 15.1. The number of benzene rings is 2. The molecule has 0 aliphatic heterocycles. The summed E-state index contributed by atoms with van der Waals surface area (Å²) in [4.78, 5) is -0.0675. The van der Waals surface area contributed by atoms with Crippen molar-refractivity contribution >= 4 is 19.3 Å². The first-order chi connectivity index (χ1) is 13.0. The highest BCUT2D eigenvalue weighted by molar-refractivity contribution is 7.89. The molecule has 28 heavy (non-hydrogen) atoms. The molecule has 0 radical (unpaired) electrons. The van der Waals surface area contributed by atoms with E-state index in [1.54, 1.807) is 6.07 Å². The van der Waals surface area contributed by atoms with Crippen molar-refractivity contribution in [3.05, 3.63) is 60.0 Å². The summed E-state index contributed by atoms with van der Waals surface area (Å²) in [6.45, 7) is 1.33. The number of halogens is 2. The largest absolute Gasteiger partial charge is 0.494 e. The van der Waals surface area contributed by atoms with Crippen molar-refractivity contribution in [2.45, 2.75) is 17.2 Å². The second-order valence-electron chi connectivity index (χ2n) is 6.29. The Hall–Kier alpha value is -2.35. The number of sulfonamides is 1. The maximum Gasteiger partial charge on any atom is 0.238 e. The van der Waals surface area contributed by atoms with Gasteiger partial charge in [0.05, 0.1) is 23.4 Å². The summed E-state index contributed by atoms with van der Waals surface area (Å²) in [7, 11) is -0.438. The number of primary sulfonamides is 1. The molecule has 3 aromatic rings. The van der Waals surface area contributed by atoms with Crippen LogP contribution in [0.4, 0.5) is 8.78 Å². The lowest BCUT2D eigenvalue weighted by Crippen LogP contribution is -2.12. The van der Waals surface area contributed by atoms with E-state index in [9.17, 15) is 17.2 Å². The van der Waals surface area contributed by atoms with E-state index in [4.69, 9.17) is 9.88 Å². The lowest BCUT2D eigenvalue weighted by atomic mass is 10.1. The molecule has 0 fully saturated rings. The van der Waals surface area contributed by atoms with Crippen LogP contribution in [-0.2, 0) is 15.4 Å².